The molecule has 0 aliphatic carbocycles. The van der Waals surface area contributed by atoms with Crippen molar-refractivity contribution in [2.75, 3.05) is 0 Å². The number of nitrogens with zero attached hydrogens (tertiary/aromatic N) is 1. The Bertz CT molecular complexity index is 713. The van der Waals surface area contributed by atoms with Gasteiger partial charge in [0.25, 0.3) is 5.69 Å². The Labute approximate surface area is 131 Å². The molecule has 0 saturated heterocycles. The van der Waals surface area contributed by atoms with Crippen molar-refractivity contribution in [2.45, 2.75) is 12.5 Å². The van der Waals surface area contributed by atoms with Crippen LogP contribution >= 0.6 is 0 Å². The van der Waals surface area contributed by atoms with Gasteiger partial charge in [0.15, 0.2) is 6.04 Å². The Morgan fingerprint density at radius 3 is 2.22 bits per heavy atom. The van der Waals surface area contributed by atoms with E-state index in [1.165, 1.54) is 24.3 Å². The third-order valence-corrected chi connectivity index (χ3v) is 3.20. The average Bonchev–Trinajstić information content (AvgIpc) is 2.53. The molecule has 118 valence electrons. The van der Waals surface area contributed by atoms with Crippen molar-refractivity contribution in [3.8, 4) is 0 Å². The second-order valence-corrected chi connectivity index (χ2v) is 4.85. The van der Waals surface area contributed by atoms with Crippen molar-refractivity contribution in [2.24, 2.45) is 0 Å². The molecular weight excluding hydrogens is 300 g/mol. The average molecular weight is 314 g/mol. The number of carboxylic acid groups (broad SMARTS) is 1. The van der Waals surface area contributed by atoms with Gasteiger partial charge in [0.1, 0.15) is 0 Å². The van der Waals surface area contributed by atoms with Gasteiger partial charge >= 0.3 is 5.97 Å². The fourth-order valence-electron chi connectivity index (χ4n) is 2.07. The van der Waals surface area contributed by atoms with E-state index in [2.05, 4.69) is 5.32 Å². The Kier molecular flexibility index (Phi) is 5.03. The van der Waals surface area contributed by atoms with E-state index >= 15 is 0 Å². The summed E-state index contributed by atoms with van der Waals surface area (Å²) in [6.45, 7) is 0. The summed E-state index contributed by atoms with van der Waals surface area (Å²) < 4.78 is 0. The van der Waals surface area contributed by atoms with Crippen molar-refractivity contribution in [1.82, 2.24) is 5.32 Å². The lowest BCUT2D eigenvalue weighted by molar-refractivity contribution is -0.384. The maximum absolute atomic E-state index is 12.0. The van der Waals surface area contributed by atoms with Gasteiger partial charge in [-0.25, -0.2) is 4.79 Å². The first-order valence-electron chi connectivity index (χ1n) is 6.78. The van der Waals surface area contributed by atoms with Gasteiger partial charge in [-0.1, -0.05) is 42.5 Å². The van der Waals surface area contributed by atoms with Gasteiger partial charge in [0, 0.05) is 12.1 Å². The molecule has 0 aliphatic rings. The molecule has 0 heterocycles. The largest absolute Gasteiger partial charge is 0.479 e. The molecule has 0 spiro atoms. The van der Waals surface area contributed by atoms with E-state index in [0.29, 0.717) is 11.1 Å². The van der Waals surface area contributed by atoms with Crippen LogP contribution in [0.15, 0.2) is 54.6 Å². The van der Waals surface area contributed by atoms with Crippen LogP contribution in [0.1, 0.15) is 17.2 Å². The van der Waals surface area contributed by atoms with Crippen molar-refractivity contribution in [1.29, 1.82) is 0 Å². The number of aliphatic carboxylic acids is 1. The second-order valence-electron chi connectivity index (χ2n) is 4.85. The summed E-state index contributed by atoms with van der Waals surface area (Å²) in [5.74, 6) is -1.64. The van der Waals surface area contributed by atoms with Crippen LogP contribution in [0.25, 0.3) is 0 Å². The number of nitro benzene ring substituents is 1. The number of benzene rings is 2. The van der Waals surface area contributed by atoms with Crippen LogP contribution in [0.3, 0.4) is 0 Å². The fraction of sp³-hybridized carbons (Fsp3) is 0.125. The monoisotopic (exact) mass is 314 g/mol. The minimum Gasteiger partial charge on any atom is -0.479 e. The summed E-state index contributed by atoms with van der Waals surface area (Å²) in [5, 5.41) is 22.3. The Morgan fingerprint density at radius 1 is 1.09 bits per heavy atom. The molecular formula is C16H14N2O5. The zero-order chi connectivity index (χ0) is 16.8. The molecule has 1 atom stereocenters. The Morgan fingerprint density at radius 2 is 1.70 bits per heavy atom. The first kappa shape index (κ1) is 16.2. The van der Waals surface area contributed by atoms with Gasteiger partial charge in [0.05, 0.1) is 11.3 Å². The number of nitrogens with one attached hydrogen (secondary N) is 1. The number of hydrogen-bond donors (Lipinski definition) is 2. The molecule has 0 unspecified atom stereocenters. The molecule has 23 heavy (non-hydrogen) atoms. The highest BCUT2D eigenvalue weighted by Gasteiger charge is 2.21. The smallest absolute Gasteiger partial charge is 0.330 e. The first-order chi connectivity index (χ1) is 11.0. The quantitative estimate of drug-likeness (QED) is 0.626. The van der Waals surface area contributed by atoms with E-state index < -0.39 is 22.8 Å². The van der Waals surface area contributed by atoms with E-state index in [9.17, 15) is 24.8 Å². The van der Waals surface area contributed by atoms with Crippen molar-refractivity contribution in [3.63, 3.8) is 0 Å². The zero-order valence-corrected chi connectivity index (χ0v) is 12.0. The predicted molar refractivity (Wildman–Crippen MR) is 81.8 cm³/mol. The summed E-state index contributed by atoms with van der Waals surface area (Å²) in [6.07, 6.45) is -0.0609. The number of non-ortho nitro benzene ring substituents is 1. The second kappa shape index (κ2) is 7.17. The number of hydrogen-bond acceptors (Lipinski definition) is 4. The van der Waals surface area contributed by atoms with E-state index in [0.717, 1.165) is 0 Å². The number of amides is 1. The molecule has 0 aromatic heterocycles. The van der Waals surface area contributed by atoms with Gasteiger partial charge < -0.3 is 10.4 Å². The van der Waals surface area contributed by atoms with Crippen LogP contribution in [0, 0.1) is 10.1 Å². The number of rotatable bonds is 6. The topological polar surface area (TPSA) is 110 Å². The number of carbonyl (C=O) groups excluding carboxylic acids is 1. The van der Waals surface area contributed by atoms with Crippen LogP contribution in [-0.2, 0) is 16.0 Å². The SMILES string of the molecule is O=C(Cc1ccc([N+](=O)[O-])cc1)N[C@@H](C(=O)O)c1ccccc1. The molecule has 1 amide bonds. The highest BCUT2D eigenvalue weighted by atomic mass is 16.6. The highest BCUT2D eigenvalue weighted by molar-refractivity contribution is 5.85. The predicted octanol–water partition coefficient (Wildman–Crippen LogP) is 2.08. The molecule has 0 aliphatic heterocycles. The summed E-state index contributed by atoms with van der Waals surface area (Å²) in [4.78, 5) is 33.4. The van der Waals surface area contributed by atoms with Crippen LogP contribution in [0.5, 0.6) is 0 Å². The van der Waals surface area contributed by atoms with E-state index in [-0.39, 0.29) is 12.1 Å². The van der Waals surface area contributed by atoms with Crippen molar-refractivity contribution >= 4 is 17.6 Å². The molecule has 0 fully saturated rings. The molecule has 7 heteroatoms. The maximum atomic E-state index is 12.0. The molecule has 2 N–H and O–H groups in total. The Hall–Kier alpha value is -3.22. The summed E-state index contributed by atoms with van der Waals surface area (Å²) in [7, 11) is 0. The molecule has 0 radical (unpaired) electrons. The maximum Gasteiger partial charge on any atom is 0.330 e. The van der Waals surface area contributed by atoms with E-state index in [1.54, 1.807) is 30.3 Å². The lowest BCUT2D eigenvalue weighted by Gasteiger charge is -2.14. The molecule has 0 bridgehead atoms. The number of nitro groups is 1. The third-order valence-electron chi connectivity index (χ3n) is 3.20. The van der Waals surface area contributed by atoms with Gasteiger partial charge in [-0.3, -0.25) is 14.9 Å². The van der Waals surface area contributed by atoms with Gasteiger partial charge in [-0.05, 0) is 11.1 Å². The Balaban J connectivity index is 2.05. The summed E-state index contributed by atoms with van der Waals surface area (Å²) >= 11 is 0. The fourth-order valence-corrected chi connectivity index (χ4v) is 2.07. The number of carbonyl (C=O) groups is 2. The zero-order valence-electron chi connectivity index (χ0n) is 12.0. The summed E-state index contributed by atoms with van der Waals surface area (Å²) in [6, 6.07) is 12.8. The molecule has 7 nitrogen and oxygen atoms in total. The van der Waals surface area contributed by atoms with Crippen molar-refractivity contribution in [3.05, 3.63) is 75.8 Å². The third kappa shape index (κ3) is 4.37. The van der Waals surface area contributed by atoms with Crippen LogP contribution in [0.2, 0.25) is 0 Å². The van der Waals surface area contributed by atoms with Gasteiger partial charge in [-0.2, -0.15) is 0 Å². The number of carboxylic acids is 1. The first-order valence-corrected chi connectivity index (χ1v) is 6.78. The normalized spacial score (nSPS) is 11.5. The minimum atomic E-state index is -1.16. The standard InChI is InChI=1S/C16H14N2O5/c19-14(10-11-6-8-13(9-7-11)18(22)23)17-15(16(20)21)12-4-2-1-3-5-12/h1-9,15H,10H2,(H,17,19)(H,20,21)/t15-/m1/s1. The molecule has 2 aromatic carbocycles. The van der Waals surface area contributed by atoms with Crippen molar-refractivity contribution < 1.29 is 19.6 Å². The minimum absolute atomic E-state index is 0.0609. The van der Waals surface area contributed by atoms with Crippen LogP contribution in [-0.4, -0.2) is 21.9 Å². The molecule has 2 aromatic rings. The highest BCUT2D eigenvalue weighted by Crippen LogP contribution is 2.15. The lowest BCUT2D eigenvalue weighted by Crippen LogP contribution is -2.34. The summed E-state index contributed by atoms with van der Waals surface area (Å²) in [5.41, 5.74) is 0.962. The van der Waals surface area contributed by atoms with E-state index in [1.807, 2.05) is 0 Å². The molecule has 0 saturated carbocycles. The van der Waals surface area contributed by atoms with Crippen LogP contribution < -0.4 is 5.32 Å². The van der Waals surface area contributed by atoms with Crippen LogP contribution in [0.4, 0.5) is 5.69 Å². The lowest BCUT2D eigenvalue weighted by atomic mass is 10.1. The van der Waals surface area contributed by atoms with Gasteiger partial charge in [0.2, 0.25) is 5.91 Å². The van der Waals surface area contributed by atoms with E-state index in [4.69, 9.17) is 0 Å². The van der Waals surface area contributed by atoms with Gasteiger partial charge in [-0.15, -0.1) is 0 Å². The molecule has 2 rings (SSSR count).